The zero-order valence-corrected chi connectivity index (χ0v) is 48.3. The Kier molecular flexibility index (Phi) is 15.3. The minimum Gasteiger partial charge on any atom is -0.464 e. The van der Waals surface area contributed by atoms with E-state index in [1.165, 1.54) is 33.8 Å². The van der Waals surface area contributed by atoms with Gasteiger partial charge >= 0.3 is 12.1 Å². The van der Waals surface area contributed by atoms with Gasteiger partial charge in [-0.1, -0.05) is 33.8 Å². The van der Waals surface area contributed by atoms with Crippen LogP contribution in [0, 0.1) is 22.7 Å². The van der Waals surface area contributed by atoms with Crippen LogP contribution >= 0.6 is 11.3 Å². The van der Waals surface area contributed by atoms with Gasteiger partial charge in [0.15, 0.2) is 0 Å². The quantitative estimate of drug-likeness (QED) is 0.118. The molecule has 7 fully saturated rings. The van der Waals surface area contributed by atoms with E-state index in [9.17, 15) is 19.2 Å². The number of halogens is 3. The predicted molar refractivity (Wildman–Crippen MR) is 300 cm³/mol. The van der Waals surface area contributed by atoms with Crippen LogP contribution in [0.5, 0.6) is 0 Å². The van der Waals surface area contributed by atoms with Crippen molar-refractivity contribution in [2.45, 2.75) is 141 Å². The average Bonchev–Trinajstić information content (AvgIpc) is 3.66. The number of ether oxygens (including phenoxy) is 3. The third kappa shape index (κ3) is 11.6. The van der Waals surface area contributed by atoms with Crippen LogP contribution in [-0.2, 0) is 52.8 Å². The summed E-state index contributed by atoms with van der Waals surface area (Å²) in [5, 5.41) is 11.1. The van der Waals surface area contributed by atoms with Crippen LogP contribution in [0.4, 0.5) is 18.9 Å². The van der Waals surface area contributed by atoms with Gasteiger partial charge in [-0.3, -0.25) is 44.3 Å². The highest BCUT2D eigenvalue weighted by atomic mass is 32.1. The number of cyclic esters (lactones) is 1. The first-order valence-corrected chi connectivity index (χ1v) is 30.2. The van der Waals surface area contributed by atoms with E-state index in [4.69, 9.17) is 24.2 Å². The molecule has 3 aromatic heterocycles. The molecule has 1 spiro atoms. The van der Waals surface area contributed by atoms with E-state index >= 15 is 13.2 Å². The number of nitrogens with one attached hydrogen (secondary N) is 3. The van der Waals surface area contributed by atoms with E-state index in [1.54, 1.807) is 25.4 Å². The van der Waals surface area contributed by atoms with Gasteiger partial charge in [0.25, 0.3) is 5.91 Å². The molecule has 0 radical (unpaired) electrons. The summed E-state index contributed by atoms with van der Waals surface area (Å²) in [5.41, 5.74) is 6.62. The second-order valence-electron chi connectivity index (χ2n) is 25.6. The van der Waals surface area contributed by atoms with Crippen molar-refractivity contribution in [3.8, 4) is 22.5 Å². The number of carbonyl (C=O) groups excluding carboxylic acids is 4. The maximum absolute atomic E-state index is 15.2. The zero-order valence-electron chi connectivity index (χ0n) is 47.5. The lowest BCUT2D eigenvalue weighted by molar-refractivity contribution is -0.155. The SMILES string of the molecule is CO[C@@H](C)c1ncc(N2CCN3CCOC[C@@H]3C2)cc1-c1c2c3cc(ccc3n1CC(F)(F)F)-c1csc(n1)C[C@H](NC(=O)[C@H](C(C)C)N1CC[C@]3(CCN(C(=O)[C@@H]4N[C@@H]4C4CC4)C3)C1)C(=O)N1CCC[C@H](N1)C(=O)OCC(C)(C)C2. The van der Waals surface area contributed by atoms with E-state index in [0.29, 0.717) is 134 Å². The Bertz CT molecular complexity index is 3060. The first-order chi connectivity index (χ1) is 38.7. The van der Waals surface area contributed by atoms with Crippen LogP contribution in [-0.4, -0.2) is 186 Å². The molecule has 6 bridgehead atoms. The van der Waals surface area contributed by atoms with Crippen LogP contribution in [0.15, 0.2) is 35.8 Å². The van der Waals surface area contributed by atoms with Crippen molar-refractivity contribution in [2.24, 2.45) is 22.7 Å². The highest BCUT2D eigenvalue weighted by molar-refractivity contribution is 7.10. The number of piperazine rings is 1. The van der Waals surface area contributed by atoms with Gasteiger partial charge < -0.3 is 33.9 Å². The monoisotopic (exact) mass is 1140 g/mol. The van der Waals surface area contributed by atoms with E-state index in [-0.39, 0.29) is 54.7 Å². The number of likely N-dealkylation sites (tertiary alicyclic amines) is 2. The van der Waals surface area contributed by atoms with Crippen LogP contribution < -0.4 is 21.0 Å². The maximum atomic E-state index is 15.2. The number of benzene rings is 1. The largest absolute Gasteiger partial charge is 0.464 e. The van der Waals surface area contributed by atoms with Crippen molar-refractivity contribution < 1.29 is 46.6 Å². The van der Waals surface area contributed by atoms with Crippen LogP contribution in [0.1, 0.15) is 95.5 Å². The molecule has 10 heterocycles. The van der Waals surface area contributed by atoms with E-state index < -0.39 is 54.2 Å². The molecule has 1 aromatic carbocycles. The fourth-order valence-electron chi connectivity index (χ4n) is 14.0. The predicted octanol–water partition coefficient (Wildman–Crippen LogP) is 5.97. The molecule has 18 nitrogen and oxygen atoms in total. The summed E-state index contributed by atoms with van der Waals surface area (Å²) in [5.74, 6) is -0.534. The molecule has 4 aromatic rings. The average molecular weight is 1140 g/mol. The lowest BCUT2D eigenvalue weighted by Gasteiger charge is -2.44. The molecule has 3 amide bonds. The Morgan fingerprint density at radius 1 is 1.01 bits per heavy atom. The highest BCUT2D eigenvalue weighted by Crippen LogP contribution is 2.46. The van der Waals surface area contributed by atoms with Gasteiger partial charge in [-0.15, -0.1) is 11.3 Å². The van der Waals surface area contributed by atoms with Gasteiger partial charge in [0.1, 0.15) is 24.7 Å². The van der Waals surface area contributed by atoms with Gasteiger partial charge in [0, 0.05) is 110 Å². The van der Waals surface area contributed by atoms with Crippen molar-refractivity contribution >= 4 is 51.6 Å². The number of hydrazine groups is 1. The van der Waals surface area contributed by atoms with Crippen molar-refractivity contribution in [2.75, 3.05) is 90.7 Å². The van der Waals surface area contributed by atoms with Gasteiger partial charge in [-0.2, -0.15) is 13.2 Å². The number of rotatable bonds is 11. The molecular formula is C59H78F3N11O7S. The molecule has 8 aliphatic rings. The van der Waals surface area contributed by atoms with Gasteiger partial charge in [0.2, 0.25) is 11.8 Å². The normalized spacial score (nSPS) is 28.3. The maximum Gasteiger partial charge on any atom is 0.406 e. The first kappa shape index (κ1) is 56.3. The summed E-state index contributed by atoms with van der Waals surface area (Å²) in [4.78, 5) is 76.6. The number of amides is 3. The number of pyridine rings is 1. The van der Waals surface area contributed by atoms with Crippen molar-refractivity contribution in [1.82, 2.24) is 50.3 Å². The number of morpholine rings is 1. The molecule has 438 valence electrons. The molecule has 7 aliphatic heterocycles. The summed E-state index contributed by atoms with van der Waals surface area (Å²) in [7, 11) is 1.56. The number of carbonyl (C=O) groups is 4. The lowest BCUT2D eigenvalue weighted by atomic mass is 9.84. The topological polar surface area (TPSA) is 189 Å². The Hall–Kier alpha value is -5.23. The number of nitrogens with zero attached hydrogens (tertiary/aromatic N) is 8. The number of aromatic nitrogens is 3. The third-order valence-electron chi connectivity index (χ3n) is 18.6. The minimum absolute atomic E-state index is 0.0474. The number of esters is 1. The fourth-order valence-corrected chi connectivity index (χ4v) is 14.9. The molecule has 3 N–H and O–H groups in total. The summed E-state index contributed by atoms with van der Waals surface area (Å²) in [6, 6.07) is 5.28. The second-order valence-corrected chi connectivity index (χ2v) is 26.5. The number of alkyl halides is 3. The fraction of sp³-hybridized carbons (Fsp3) is 0.661. The summed E-state index contributed by atoms with van der Waals surface area (Å²) >= 11 is 1.34. The number of hydrogen-bond donors (Lipinski definition) is 3. The molecule has 8 atom stereocenters. The van der Waals surface area contributed by atoms with Crippen molar-refractivity contribution in [3.05, 3.63) is 52.1 Å². The Morgan fingerprint density at radius 3 is 2.60 bits per heavy atom. The number of methoxy groups -OCH3 is 1. The van der Waals surface area contributed by atoms with E-state index in [1.807, 2.05) is 57.0 Å². The smallest absolute Gasteiger partial charge is 0.406 e. The van der Waals surface area contributed by atoms with Crippen LogP contribution in [0.2, 0.25) is 0 Å². The van der Waals surface area contributed by atoms with E-state index in [0.717, 1.165) is 31.6 Å². The Morgan fingerprint density at radius 2 is 1.83 bits per heavy atom. The Balaban J connectivity index is 0.886. The number of thiazole rings is 1. The molecule has 1 saturated carbocycles. The molecule has 12 rings (SSSR count). The lowest BCUT2D eigenvalue weighted by Crippen LogP contribution is -2.62. The molecule has 6 saturated heterocycles. The first-order valence-electron chi connectivity index (χ1n) is 29.3. The summed E-state index contributed by atoms with van der Waals surface area (Å²) in [6.07, 6.45) is 1.86. The standard InChI is InChI=1S/C59H78F3N11O7S/c1-34(2)51(70-16-13-58(30-70)14-17-71(31-58)55(76)50-49(66-50)36-9-10-36)53(74)65-44-24-47-64-45(29-81-47)37-11-12-46-40(22-37)42(25-57(4,5)33-80-56(77)43-8-7-15-73(67-43)54(44)75)52(72(46)32-59(60,61)62)41-23-38(26-63-48(41)35(3)78-6)69-19-18-68-20-21-79-28-39(68)27-69/h11-12,22-23,26,29,34-36,39,43-44,49-51,66-67H,7-10,13-21,24-25,27-28,30-33H2,1-6H3,(H,65,74)/t35-,39-,43-,44-,49+,50+,51-,58-/m0/s1. The van der Waals surface area contributed by atoms with Crippen molar-refractivity contribution in [3.63, 3.8) is 0 Å². The molecular weight excluding hydrogens is 1060 g/mol. The second kappa shape index (κ2) is 22.1. The zero-order chi connectivity index (χ0) is 56.7. The number of fused-ring (bicyclic) bond motifs is 7. The molecule has 81 heavy (non-hydrogen) atoms. The number of anilines is 1. The van der Waals surface area contributed by atoms with Gasteiger partial charge in [-0.05, 0) is 94.0 Å². The van der Waals surface area contributed by atoms with E-state index in [2.05, 4.69) is 30.8 Å². The molecule has 1 aliphatic carbocycles. The molecule has 22 heteroatoms. The third-order valence-corrected chi connectivity index (χ3v) is 19.4. The number of hydrogen-bond acceptors (Lipinski definition) is 15. The summed E-state index contributed by atoms with van der Waals surface area (Å²) in [6.45, 7) is 15.7. The minimum atomic E-state index is -4.62. The van der Waals surface area contributed by atoms with Gasteiger partial charge in [0.05, 0.1) is 72.0 Å². The Labute approximate surface area is 475 Å². The van der Waals surface area contributed by atoms with Crippen LogP contribution in [0.3, 0.4) is 0 Å². The summed E-state index contributed by atoms with van der Waals surface area (Å²) < 4.78 is 64.9. The van der Waals surface area contributed by atoms with Crippen LogP contribution in [0.25, 0.3) is 33.4 Å². The molecule has 0 unspecified atom stereocenters. The highest BCUT2D eigenvalue weighted by Gasteiger charge is 2.55. The van der Waals surface area contributed by atoms with Gasteiger partial charge in [-0.25, -0.2) is 10.4 Å². The van der Waals surface area contributed by atoms with Crippen molar-refractivity contribution in [1.29, 1.82) is 0 Å².